The van der Waals surface area contributed by atoms with Crippen molar-refractivity contribution in [3.05, 3.63) is 53.1 Å². The molecule has 0 unspecified atom stereocenters. The smallest absolute Gasteiger partial charge is 0.160 e. The number of anilines is 1. The topological polar surface area (TPSA) is 24.9 Å². The molecule has 0 aromatic heterocycles. The maximum atomic E-state index is 5.44. The van der Waals surface area contributed by atoms with Crippen LogP contribution in [0.5, 0.6) is 11.5 Å². The Labute approximate surface area is 163 Å². The van der Waals surface area contributed by atoms with Gasteiger partial charge in [0, 0.05) is 37.9 Å². The monoisotopic (exact) mass is 368 g/mol. The van der Waals surface area contributed by atoms with Crippen molar-refractivity contribution in [2.75, 3.05) is 45.3 Å². The van der Waals surface area contributed by atoms with Crippen LogP contribution < -0.4 is 14.4 Å². The first-order chi connectivity index (χ1) is 13.0. The molecule has 1 atom stereocenters. The van der Waals surface area contributed by atoms with Crippen LogP contribution in [-0.2, 0) is 6.42 Å². The summed E-state index contributed by atoms with van der Waals surface area (Å²) in [5, 5.41) is 0. The molecular formula is C23H32N2O2. The highest BCUT2D eigenvalue weighted by atomic mass is 16.5. The number of methoxy groups -OCH3 is 2. The highest BCUT2D eigenvalue weighted by Gasteiger charge is 2.22. The molecule has 0 amide bonds. The lowest BCUT2D eigenvalue weighted by Crippen LogP contribution is -2.50. The zero-order valence-electron chi connectivity index (χ0n) is 17.3. The molecule has 0 radical (unpaired) electrons. The molecule has 0 saturated carbocycles. The van der Waals surface area contributed by atoms with E-state index in [1.807, 2.05) is 6.07 Å². The van der Waals surface area contributed by atoms with Crippen LogP contribution in [0.1, 0.15) is 23.6 Å². The zero-order chi connectivity index (χ0) is 19.4. The quantitative estimate of drug-likeness (QED) is 0.767. The van der Waals surface area contributed by atoms with Gasteiger partial charge in [0.1, 0.15) is 0 Å². The molecule has 1 saturated heterocycles. The summed E-state index contributed by atoms with van der Waals surface area (Å²) in [5.74, 6) is 1.60. The van der Waals surface area contributed by atoms with E-state index in [1.165, 1.54) is 22.4 Å². The minimum atomic E-state index is 0.504. The van der Waals surface area contributed by atoms with Crippen molar-refractivity contribution < 1.29 is 9.47 Å². The summed E-state index contributed by atoms with van der Waals surface area (Å²) in [6.45, 7) is 11.1. The molecule has 4 heteroatoms. The average Bonchev–Trinajstić information content (AvgIpc) is 2.70. The molecule has 1 heterocycles. The van der Waals surface area contributed by atoms with Gasteiger partial charge >= 0.3 is 0 Å². The average molecular weight is 369 g/mol. The summed E-state index contributed by atoms with van der Waals surface area (Å²) in [6.07, 6.45) is 1.02. The summed E-state index contributed by atoms with van der Waals surface area (Å²) < 4.78 is 10.8. The molecule has 2 aromatic rings. The number of benzene rings is 2. The fraction of sp³-hybridized carbons (Fsp3) is 0.478. The van der Waals surface area contributed by atoms with E-state index in [4.69, 9.17) is 9.47 Å². The maximum Gasteiger partial charge on any atom is 0.160 e. The molecule has 0 aliphatic carbocycles. The molecule has 2 aromatic carbocycles. The van der Waals surface area contributed by atoms with Gasteiger partial charge in [0.05, 0.1) is 14.2 Å². The Morgan fingerprint density at radius 3 is 2.30 bits per heavy atom. The third-order valence-electron chi connectivity index (χ3n) is 5.83. The Bertz CT molecular complexity index is 767. The third-order valence-corrected chi connectivity index (χ3v) is 5.83. The van der Waals surface area contributed by atoms with Crippen molar-refractivity contribution in [2.24, 2.45) is 0 Å². The van der Waals surface area contributed by atoms with Crippen LogP contribution in [-0.4, -0.2) is 51.3 Å². The van der Waals surface area contributed by atoms with Gasteiger partial charge in [-0.1, -0.05) is 18.2 Å². The summed E-state index contributed by atoms with van der Waals surface area (Å²) >= 11 is 0. The minimum absolute atomic E-state index is 0.504. The lowest BCUT2D eigenvalue weighted by molar-refractivity contribution is 0.196. The van der Waals surface area contributed by atoms with E-state index in [0.29, 0.717) is 6.04 Å². The van der Waals surface area contributed by atoms with Gasteiger partial charge in [-0.2, -0.15) is 0 Å². The van der Waals surface area contributed by atoms with Crippen LogP contribution >= 0.6 is 0 Å². The molecule has 27 heavy (non-hydrogen) atoms. The van der Waals surface area contributed by atoms with Gasteiger partial charge < -0.3 is 14.4 Å². The second-order valence-corrected chi connectivity index (χ2v) is 7.48. The lowest BCUT2D eigenvalue weighted by Gasteiger charge is -2.40. The molecule has 1 aliphatic rings. The van der Waals surface area contributed by atoms with Crippen LogP contribution in [0, 0.1) is 13.8 Å². The van der Waals surface area contributed by atoms with Gasteiger partial charge in [0.25, 0.3) is 0 Å². The highest BCUT2D eigenvalue weighted by Crippen LogP contribution is 2.29. The van der Waals surface area contributed by atoms with Gasteiger partial charge in [0.15, 0.2) is 11.5 Å². The zero-order valence-corrected chi connectivity index (χ0v) is 17.3. The lowest BCUT2D eigenvalue weighted by atomic mass is 10.0. The van der Waals surface area contributed by atoms with E-state index in [9.17, 15) is 0 Å². The molecule has 0 spiro atoms. The molecule has 0 N–H and O–H groups in total. The fourth-order valence-corrected chi connectivity index (χ4v) is 3.96. The summed E-state index contributed by atoms with van der Waals surface area (Å²) in [4.78, 5) is 5.13. The molecule has 3 rings (SSSR count). The predicted molar refractivity (Wildman–Crippen MR) is 112 cm³/mol. The van der Waals surface area contributed by atoms with E-state index >= 15 is 0 Å². The van der Waals surface area contributed by atoms with Crippen molar-refractivity contribution in [1.29, 1.82) is 0 Å². The van der Waals surface area contributed by atoms with Gasteiger partial charge in [-0.3, -0.25) is 4.90 Å². The van der Waals surface area contributed by atoms with Crippen LogP contribution in [0.2, 0.25) is 0 Å². The van der Waals surface area contributed by atoms with Gasteiger partial charge in [-0.15, -0.1) is 0 Å². The molecule has 4 nitrogen and oxygen atoms in total. The van der Waals surface area contributed by atoms with E-state index in [2.05, 4.69) is 60.9 Å². The van der Waals surface area contributed by atoms with Gasteiger partial charge in [-0.05, 0) is 62.1 Å². The SMILES string of the molecule is COc1ccc(C[C@H](C)N2CCN(c3cccc(C)c3C)CC2)cc1OC. The molecule has 146 valence electrons. The maximum absolute atomic E-state index is 5.44. The summed E-state index contributed by atoms with van der Waals surface area (Å²) in [6, 6.07) is 13.4. The van der Waals surface area contributed by atoms with Crippen LogP contribution in [0.25, 0.3) is 0 Å². The number of piperazine rings is 1. The number of hydrogen-bond acceptors (Lipinski definition) is 4. The second-order valence-electron chi connectivity index (χ2n) is 7.48. The van der Waals surface area contributed by atoms with Crippen LogP contribution in [0.3, 0.4) is 0 Å². The van der Waals surface area contributed by atoms with Crippen molar-refractivity contribution in [2.45, 2.75) is 33.2 Å². The largest absolute Gasteiger partial charge is 0.493 e. The predicted octanol–water partition coefficient (Wildman–Crippen LogP) is 4.07. The highest BCUT2D eigenvalue weighted by molar-refractivity contribution is 5.56. The van der Waals surface area contributed by atoms with E-state index < -0.39 is 0 Å². The molecular weight excluding hydrogens is 336 g/mol. The van der Waals surface area contributed by atoms with Crippen LogP contribution in [0.15, 0.2) is 36.4 Å². The Hall–Kier alpha value is -2.20. The van der Waals surface area contributed by atoms with Crippen LogP contribution in [0.4, 0.5) is 5.69 Å². The summed E-state index contributed by atoms with van der Waals surface area (Å²) in [5.41, 5.74) is 5.46. The Morgan fingerprint density at radius 2 is 1.63 bits per heavy atom. The van der Waals surface area contributed by atoms with Crippen molar-refractivity contribution in [1.82, 2.24) is 4.90 Å². The number of ether oxygens (including phenoxy) is 2. The van der Waals surface area contributed by atoms with Gasteiger partial charge in [0.2, 0.25) is 0 Å². The molecule has 0 bridgehead atoms. The van der Waals surface area contributed by atoms with E-state index in [1.54, 1.807) is 14.2 Å². The van der Waals surface area contributed by atoms with Crippen molar-refractivity contribution in [3.8, 4) is 11.5 Å². The number of rotatable bonds is 6. The number of hydrogen-bond donors (Lipinski definition) is 0. The number of aryl methyl sites for hydroxylation is 1. The minimum Gasteiger partial charge on any atom is -0.493 e. The first kappa shape index (κ1) is 19.6. The Kier molecular flexibility index (Phi) is 6.27. The van der Waals surface area contributed by atoms with E-state index in [0.717, 1.165) is 44.1 Å². The van der Waals surface area contributed by atoms with Gasteiger partial charge in [-0.25, -0.2) is 0 Å². The Morgan fingerprint density at radius 1 is 0.926 bits per heavy atom. The van der Waals surface area contributed by atoms with Crippen molar-refractivity contribution >= 4 is 5.69 Å². The molecule has 1 aliphatic heterocycles. The van der Waals surface area contributed by atoms with Crippen molar-refractivity contribution in [3.63, 3.8) is 0 Å². The normalized spacial score (nSPS) is 16.3. The summed E-state index contributed by atoms with van der Waals surface area (Å²) in [7, 11) is 3.37. The first-order valence-electron chi connectivity index (χ1n) is 9.79. The number of nitrogens with zero attached hydrogens (tertiary/aromatic N) is 2. The fourth-order valence-electron chi connectivity index (χ4n) is 3.96. The Balaban J connectivity index is 1.60. The standard InChI is InChI=1S/C23H32N2O2/c1-17-7-6-8-21(19(17)3)25-13-11-24(12-14-25)18(2)15-20-9-10-22(26-4)23(16-20)27-5/h6-10,16,18H,11-15H2,1-5H3/t18-/m0/s1. The third kappa shape index (κ3) is 4.38. The first-order valence-corrected chi connectivity index (χ1v) is 9.79. The second kappa shape index (κ2) is 8.66. The molecule has 1 fully saturated rings. The van der Waals surface area contributed by atoms with E-state index in [-0.39, 0.29) is 0 Å².